The van der Waals surface area contributed by atoms with Crippen molar-refractivity contribution in [2.24, 2.45) is 5.92 Å². The van der Waals surface area contributed by atoms with Crippen molar-refractivity contribution in [1.29, 1.82) is 0 Å². The Kier molecular flexibility index (Phi) is 6.09. The van der Waals surface area contributed by atoms with Crippen molar-refractivity contribution in [3.05, 3.63) is 62.6 Å². The molecule has 2 N–H and O–H groups in total. The van der Waals surface area contributed by atoms with E-state index in [4.69, 9.17) is 0 Å². The van der Waals surface area contributed by atoms with E-state index in [-0.39, 0.29) is 11.5 Å². The van der Waals surface area contributed by atoms with E-state index in [0.29, 0.717) is 17.9 Å². The molecule has 154 valence electrons. The Balaban J connectivity index is 1.43. The molecule has 4 rings (SSSR count). The molecular formula is C23H30N4O2. The molecule has 1 aromatic carbocycles. The maximum atomic E-state index is 12.6. The molecule has 1 saturated heterocycles. The Labute approximate surface area is 171 Å². The first kappa shape index (κ1) is 19.8. The van der Waals surface area contributed by atoms with Crippen LogP contribution in [0.1, 0.15) is 58.4 Å². The van der Waals surface area contributed by atoms with Crippen LogP contribution >= 0.6 is 0 Å². The number of nitrogens with one attached hydrogen (secondary N) is 2. The van der Waals surface area contributed by atoms with Gasteiger partial charge in [-0.25, -0.2) is 5.10 Å². The maximum Gasteiger partial charge on any atom is 0.267 e. The summed E-state index contributed by atoms with van der Waals surface area (Å²) < 4.78 is 0. The quantitative estimate of drug-likeness (QED) is 0.816. The first-order chi connectivity index (χ1) is 14.1. The number of piperidine rings is 1. The molecule has 0 saturated carbocycles. The van der Waals surface area contributed by atoms with E-state index in [9.17, 15) is 9.59 Å². The molecule has 1 aromatic heterocycles. The van der Waals surface area contributed by atoms with Gasteiger partial charge >= 0.3 is 0 Å². The van der Waals surface area contributed by atoms with Crippen LogP contribution in [0.25, 0.3) is 0 Å². The Morgan fingerprint density at radius 2 is 1.97 bits per heavy atom. The van der Waals surface area contributed by atoms with Gasteiger partial charge in [-0.1, -0.05) is 12.1 Å². The molecule has 0 spiro atoms. The third kappa shape index (κ3) is 4.75. The average Bonchev–Trinajstić information content (AvgIpc) is 2.75. The lowest BCUT2D eigenvalue weighted by atomic mass is 9.90. The fraction of sp³-hybridized carbons (Fsp3) is 0.522. The smallest absolute Gasteiger partial charge is 0.267 e. The molecule has 1 aliphatic carbocycles. The van der Waals surface area contributed by atoms with Crippen molar-refractivity contribution < 1.29 is 4.79 Å². The van der Waals surface area contributed by atoms with E-state index in [1.165, 1.54) is 0 Å². The van der Waals surface area contributed by atoms with Gasteiger partial charge in [-0.2, -0.15) is 5.10 Å². The van der Waals surface area contributed by atoms with Crippen molar-refractivity contribution in [1.82, 2.24) is 20.4 Å². The third-order valence-corrected chi connectivity index (χ3v) is 6.33. The standard InChI is InChI=1S/C23H30N4O2/c1-27-11-9-16(10-12-27)15-24-22(28)18-6-4-5-17(13-18)14-21-19-7-2-3-8-20(19)23(29)26-25-21/h4-6,13,16H,2-3,7-12,14-15H2,1H3,(H,24,28)(H,26,29). The van der Waals surface area contributed by atoms with Crippen LogP contribution in [-0.2, 0) is 19.3 Å². The summed E-state index contributed by atoms with van der Waals surface area (Å²) in [5.41, 5.74) is 4.62. The number of benzene rings is 1. The Bertz CT molecular complexity index is 929. The van der Waals surface area contributed by atoms with Crippen molar-refractivity contribution in [3.63, 3.8) is 0 Å². The molecule has 2 aliphatic rings. The second-order valence-corrected chi connectivity index (χ2v) is 8.50. The highest BCUT2D eigenvalue weighted by atomic mass is 16.1. The molecule has 0 atom stereocenters. The summed E-state index contributed by atoms with van der Waals surface area (Å²) in [6.07, 6.45) is 6.82. The topological polar surface area (TPSA) is 78.1 Å². The number of amides is 1. The number of hydrogen-bond donors (Lipinski definition) is 2. The summed E-state index contributed by atoms with van der Waals surface area (Å²) >= 11 is 0. The molecule has 0 radical (unpaired) electrons. The first-order valence-electron chi connectivity index (χ1n) is 10.7. The molecule has 6 heteroatoms. The highest BCUT2D eigenvalue weighted by Gasteiger charge is 2.19. The van der Waals surface area contributed by atoms with Gasteiger partial charge in [0.25, 0.3) is 11.5 Å². The van der Waals surface area contributed by atoms with Crippen LogP contribution in [-0.4, -0.2) is 47.7 Å². The zero-order valence-corrected chi connectivity index (χ0v) is 17.2. The predicted octanol–water partition coefficient (Wildman–Crippen LogP) is 2.31. The van der Waals surface area contributed by atoms with Crippen LogP contribution in [0.5, 0.6) is 0 Å². The van der Waals surface area contributed by atoms with Crippen LogP contribution in [0.3, 0.4) is 0 Å². The Morgan fingerprint density at radius 3 is 2.76 bits per heavy atom. The number of H-pyrrole nitrogens is 1. The van der Waals surface area contributed by atoms with Gasteiger partial charge < -0.3 is 10.2 Å². The molecule has 1 aliphatic heterocycles. The molecule has 29 heavy (non-hydrogen) atoms. The zero-order valence-electron chi connectivity index (χ0n) is 17.2. The van der Waals surface area contributed by atoms with Crippen LogP contribution in [0.2, 0.25) is 0 Å². The number of likely N-dealkylation sites (tertiary alicyclic amines) is 1. The fourth-order valence-corrected chi connectivity index (χ4v) is 4.49. The molecule has 2 heterocycles. The number of hydrogen-bond acceptors (Lipinski definition) is 4. The van der Waals surface area contributed by atoms with Gasteiger partial charge in [0.2, 0.25) is 0 Å². The summed E-state index contributed by atoms with van der Waals surface area (Å²) in [5.74, 6) is 0.553. The number of aromatic nitrogens is 2. The zero-order chi connectivity index (χ0) is 20.2. The van der Waals surface area contributed by atoms with E-state index in [0.717, 1.165) is 80.5 Å². The van der Waals surface area contributed by atoms with Gasteiger partial charge in [-0.15, -0.1) is 0 Å². The summed E-state index contributed by atoms with van der Waals surface area (Å²) in [4.78, 5) is 27.0. The molecule has 0 unspecified atom stereocenters. The molecule has 0 bridgehead atoms. The van der Waals surface area contributed by atoms with E-state index in [2.05, 4.69) is 27.5 Å². The molecule has 1 fully saturated rings. The largest absolute Gasteiger partial charge is 0.352 e. The lowest BCUT2D eigenvalue weighted by Crippen LogP contribution is -2.36. The number of nitrogens with zero attached hydrogens (tertiary/aromatic N) is 2. The van der Waals surface area contributed by atoms with Crippen molar-refractivity contribution in [2.45, 2.75) is 44.9 Å². The van der Waals surface area contributed by atoms with Gasteiger partial charge in [0, 0.05) is 24.1 Å². The van der Waals surface area contributed by atoms with Gasteiger partial charge in [0.05, 0.1) is 5.69 Å². The SMILES string of the molecule is CN1CCC(CNC(=O)c2cccc(Cc3n[nH]c(=O)c4c3CCCC4)c2)CC1. The van der Waals surface area contributed by atoms with Gasteiger partial charge in [-0.3, -0.25) is 9.59 Å². The fourth-order valence-electron chi connectivity index (χ4n) is 4.49. The number of carbonyl (C=O) groups excluding carboxylic acids is 1. The van der Waals surface area contributed by atoms with Crippen LogP contribution in [0.15, 0.2) is 29.1 Å². The summed E-state index contributed by atoms with van der Waals surface area (Å²) in [7, 11) is 2.15. The molecule has 6 nitrogen and oxygen atoms in total. The average molecular weight is 395 g/mol. The third-order valence-electron chi connectivity index (χ3n) is 6.33. The summed E-state index contributed by atoms with van der Waals surface area (Å²) in [6, 6.07) is 7.77. The lowest BCUT2D eigenvalue weighted by molar-refractivity contribution is 0.0939. The minimum absolute atomic E-state index is 0.0118. The van der Waals surface area contributed by atoms with Crippen LogP contribution in [0, 0.1) is 5.92 Å². The minimum Gasteiger partial charge on any atom is -0.352 e. The normalized spacial score (nSPS) is 17.7. The second kappa shape index (κ2) is 8.91. The lowest BCUT2D eigenvalue weighted by Gasteiger charge is -2.28. The van der Waals surface area contributed by atoms with Crippen molar-refractivity contribution in [2.75, 3.05) is 26.7 Å². The Hall–Kier alpha value is -2.47. The van der Waals surface area contributed by atoms with Gasteiger partial charge in [-0.05, 0) is 87.8 Å². The molecule has 1 amide bonds. The van der Waals surface area contributed by atoms with E-state index in [1.54, 1.807) is 0 Å². The maximum absolute atomic E-state index is 12.6. The second-order valence-electron chi connectivity index (χ2n) is 8.50. The van der Waals surface area contributed by atoms with Gasteiger partial charge in [0.15, 0.2) is 0 Å². The van der Waals surface area contributed by atoms with E-state index in [1.807, 2.05) is 24.3 Å². The number of aromatic amines is 1. The highest BCUT2D eigenvalue weighted by Crippen LogP contribution is 2.22. The van der Waals surface area contributed by atoms with Crippen LogP contribution in [0.4, 0.5) is 0 Å². The van der Waals surface area contributed by atoms with E-state index < -0.39 is 0 Å². The van der Waals surface area contributed by atoms with E-state index >= 15 is 0 Å². The highest BCUT2D eigenvalue weighted by molar-refractivity contribution is 5.94. The minimum atomic E-state index is -0.0505. The van der Waals surface area contributed by atoms with Crippen LogP contribution < -0.4 is 10.9 Å². The monoisotopic (exact) mass is 394 g/mol. The summed E-state index contributed by atoms with van der Waals surface area (Å²) in [6.45, 7) is 2.95. The van der Waals surface area contributed by atoms with Crippen molar-refractivity contribution >= 4 is 5.91 Å². The van der Waals surface area contributed by atoms with Crippen molar-refractivity contribution in [3.8, 4) is 0 Å². The first-order valence-corrected chi connectivity index (χ1v) is 10.7. The molecular weight excluding hydrogens is 364 g/mol. The predicted molar refractivity (Wildman–Crippen MR) is 113 cm³/mol. The number of fused-ring (bicyclic) bond motifs is 1. The Morgan fingerprint density at radius 1 is 1.21 bits per heavy atom. The molecule has 2 aromatic rings. The van der Waals surface area contributed by atoms with Gasteiger partial charge in [0.1, 0.15) is 0 Å². The number of carbonyl (C=O) groups is 1. The number of rotatable bonds is 5. The summed E-state index contributed by atoms with van der Waals surface area (Å²) in [5, 5.41) is 10.1.